The molecule has 2 N–H and O–H groups in total. The first-order valence-corrected chi connectivity index (χ1v) is 6.94. The summed E-state index contributed by atoms with van der Waals surface area (Å²) in [6.07, 6.45) is 13.8. The molecule has 3 heteroatoms. The van der Waals surface area contributed by atoms with Crippen LogP contribution in [0.25, 0.3) is 0 Å². The zero-order valence-corrected chi connectivity index (χ0v) is 10.9. The van der Waals surface area contributed by atoms with Crippen LogP contribution in [0.2, 0.25) is 0 Å². The van der Waals surface area contributed by atoms with Crippen molar-refractivity contribution in [1.82, 2.24) is 0 Å². The first-order chi connectivity index (χ1) is 8.31. The van der Waals surface area contributed by atoms with Gasteiger partial charge >= 0.3 is 0 Å². The van der Waals surface area contributed by atoms with Crippen molar-refractivity contribution in [3.8, 4) is 0 Å². The molecule has 0 fully saturated rings. The Morgan fingerprint density at radius 3 is 1.82 bits per heavy atom. The maximum absolute atomic E-state index is 10.2. The summed E-state index contributed by atoms with van der Waals surface area (Å²) in [7, 11) is 0. The minimum Gasteiger partial charge on any atom is -0.327 e. The fraction of sp³-hybridized carbons (Fsp3) is 0.857. The minimum absolute atomic E-state index is 0.0656. The largest absolute Gasteiger partial charge is 0.327 e. The number of nitrogens with two attached hydrogens (primary N) is 1. The molecule has 0 aromatic carbocycles. The lowest BCUT2D eigenvalue weighted by atomic mass is 10.0. The molecule has 0 aromatic rings. The lowest BCUT2D eigenvalue weighted by Gasteiger charge is -2.07. The molecule has 1 unspecified atom stereocenters. The van der Waals surface area contributed by atoms with E-state index >= 15 is 0 Å². The number of unbranched alkanes of at least 4 members (excludes halogenated alkanes) is 8. The second-order valence-electron chi connectivity index (χ2n) is 4.73. The monoisotopic (exact) mass is 241 g/mol. The van der Waals surface area contributed by atoms with Gasteiger partial charge in [-0.05, 0) is 12.8 Å². The molecular weight excluding hydrogens is 214 g/mol. The van der Waals surface area contributed by atoms with Crippen LogP contribution in [0, 0.1) is 0 Å². The van der Waals surface area contributed by atoms with E-state index in [1.54, 1.807) is 0 Å². The SMILES string of the molecule is NC(CC=O)CCCCCCCCCCC=O. The number of carbonyl (C=O) groups is 2. The van der Waals surface area contributed by atoms with Crippen molar-refractivity contribution in [3.63, 3.8) is 0 Å². The topological polar surface area (TPSA) is 60.2 Å². The van der Waals surface area contributed by atoms with E-state index < -0.39 is 0 Å². The second-order valence-corrected chi connectivity index (χ2v) is 4.73. The minimum atomic E-state index is 0.0656. The maximum atomic E-state index is 10.2. The van der Waals surface area contributed by atoms with Crippen LogP contribution in [0.1, 0.15) is 70.6 Å². The van der Waals surface area contributed by atoms with Crippen LogP contribution in [0.3, 0.4) is 0 Å². The summed E-state index contributed by atoms with van der Waals surface area (Å²) in [6, 6.07) is 0.0656. The molecule has 0 saturated heterocycles. The van der Waals surface area contributed by atoms with E-state index in [0.29, 0.717) is 12.8 Å². The van der Waals surface area contributed by atoms with Gasteiger partial charge in [0, 0.05) is 18.9 Å². The smallest absolute Gasteiger partial charge is 0.121 e. The first-order valence-electron chi connectivity index (χ1n) is 6.94. The average molecular weight is 241 g/mol. The van der Waals surface area contributed by atoms with Crippen molar-refractivity contribution < 1.29 is 9.59 Å². The number of hydrogen-bond acceptors (Lipinski definition) is 3. The van der Waals surface area contributed by atoms with E-state index in [4.69, 9.17) is 5.73 Å². The van der Waals surface area contributed by atoms with Gasteiger partial charge in [0.15, 0.2) is 0 Å². The molecule has 0 radical (unpaired) electrons. The van der Waals surface area contributed by atoms with Crippen LogP contribution in [0.15, 0.2) is 0 Å². The van der Waals surface area contributed by atoms with Gasteiger partial charge in [0.05, 0.1) is 0 Å². The van der Waals surface area contributed by atoms with Crippen molar-refractivity contribution in [1.29, 1.82) is 0 Å². The van der Waals surface area contributed by atoms with Crippen LogP contribution in [-0.4, -0.2) is 18.6 Å². The highest BCUT2D eigenvalue weighted by Crippen LogP contribution is 2.11. The Morgan fingerprint density at radius 2 is 1.29 bits per heavy atom. The van der Waals surface area contributed by atoms with Gasteiger partial charge in [-0.2, -0.15) is 0 Å². The Kier molecular flexibility index (Phi) is 12.8. The van der Waals surface area contributed by atoms with Crippen LogP contribution in [-0.2, 0) is 9.59 Å². The Balaban J connectivity index is 3.03. The summed E-state index contributed by atoms with van der Waals surface area (Å²) >= 11 is 0. The maximum Gasteiger partial charge on any atom is 0.121 e. The Morgan fingerprint density at radius 1 is 0.765 bits per heavy atom. The first kappa shape index (κ1) is 16.3. The fourth-order valence-electron chi connectivity index (χ4n) is 1.94. The third kappa shape index (κ3) is 13.2. The van der Waals surface area contributed by atoms with Crippen molar-refractivity contribution in [2.75, 3.05) is 0 Å². The third-order valence-corrected chi connectivity index (χ3v) is 3.05. The van der Waals surface area contributed by atoms with Crippen molar-refractivity contribution in [2.24, 2.45) is 5.73 Å². The van der Waals surface area contributed by atoms with Gasteiger partial charge in [0.2, 0.25) is 0 Å². The second kappa shape index (κ2) is 13.4. The number of rotatable bonds is 13. The number of hydrogen-bond donors (Lipinski definition) is 1. The molecule has 0 aliphatic carbocycles. The van der Waals surface area contributed by atoms with E-state index in [-0.39, 0.29) is 6.04 Å². The molecule has 0 heterocycles. The van der Waals surface area contributed by atoms with Gasteiger partial charge in [0.25, 0.3) is 0 Å². The molecule has 0 bridgehead atoms. The normalized spacial score (nSPS) is 12.3. The lowest BCUT2D eigenvalue weighted by molar-refractivity contribution is -0.108. The molecule has 3 nitrogen and oxygen atoms in total. The molecule has 0 amide bonds. The Labute approximate surface area is 105 Å². The number of aldehydes is 2. The highest BCUT2D eigenvalue weighted by atomic mass is 16.1. The fourth-order valence-corrected chi connectivity index (χ4v) is 1.94. The molecule has 0 saturated carbocycles. The van der Waals surface area contributed by atoms with E-state index in [2.05, 4.69) is 0 Å². The highest BCUT2D eigenvalue weighted by molar-refractivity contribution is 5.50. The zero-order chi connectivity index (χ0) is 12.8. The third-order valence-electron chi connectivity index (χ3n) is 3.05. The van der Waals surface area contributed by atoms with Crippen LogP contribution < -0.4 is 5.73 Å². The predicted octanol–water partition coefficient (Wildman–Crippen LogP) is 3.00. The summed E-state index contributed by atoms with van der Waals surface area (Å²) in [5.74, 6) is 0. The predicted molar refractivity (Wildman–Crippen MR) is 70.9 cm³/mol. The van der Waals surface area contributed by atoms with Crippen molar-refractivity contribution in [3.05, 3.63) is 0 Å². The molecular formula is C14H27NO2. The molecule has 17 heavy (non-hydrogen) atoms. The highest BCUT2D eigenvalue weighted by Gasteiger charge is 2.00. The molecule has 1 atom stereocenters. The molecule has 0 aliphatic heterocycles. The standard InChI is InChI=1S/C14H27NO2/c15-14(11-13-17)10-8-6-4-2-1-3-5-7-9-12-16/h12-14H,1-11,15H2. The summed E-state index contributed by atoms with van der Waals surface area (Å²) in [4.78, 5) is 20.3. The van der Waals surface area contributed by atoms with Gasteiger partial charge in [0.1, 0.15) is 12.6 Å². The molecule has 100 valence electrons. The average Bonchev–Trinajstić information content (AvgIpc) is 2.32. The lowest BCUT2D eigenvalue weighted by Crippen LogP contribution is -2.19. The van der Waals surface area contributed by atoms with E-state index in [1.807, 2.05) is 0 Å². The molecule has 0 aliphatic rings. The summed E-state index contributed by atoms with van der Waals surface area (Å²) < 4.78 is 0. The van der Waals surface area contributed by atoms with E-state index in [0.717, 1.165) is 31.8 Å². The summed E-state index contributed by atoms with van der Waals surface area (Å²) in [6.45, 7) is 0. The zero-order valence-electron chi connectivity index (χ0n) is 10.9. The Hall–Kier alpha value is -0.700. The van der Waals surface area contributed by atoms with Crippen LogP contribution in [0.5, 0.6) is 0 Å². The van der Waals surface area contributed by atoms with E-state index in [9.17, 15) is 9.59 Å². The van der Waals surface area contributed by atoms with Crippen LogP contribution >= 0.6 is 0 Å². The van der Waals surface area contributed by atoms with Crippen molar-refractivity contribution >= 4 is 12.6 Å². The van der Waals surface area contributed by atoms with Gasteiger partial charge < -0.3 is 15.3 Å². The molecule has 0 spiro atoms. The van der Waals surface area contributed by atoms with Gasteiger partial charge in [-0.25, -0.2) is 0 Å². The van der Waals surface area contributed by atoms with E-state index in [1.165, 1.54) is 38.5 Å². The quantitative estimate of drug-likeness (QED) is 0.398. The molecule has 0 aromatic heterocycles. The summed E-state index contributed by atoms with van der Waals surface area (Å²) in [5.41, 5.74) is 5.73. The molecule has 0 rings (SSSR count). The summed E-state index contributed by atoms with van der Waals surface area (Å²) in [5, 5.41) is 0. The Bertz CT molecular complexity index is 183. The van der Waals surface area contributed by atoms with Crippen molar-refractivity contribution in [2.45, 2.75) is 76.7 Å². The van der Waals surface area contributed by atoms with Gasteiger partial charge in [-0.15, -0.1) is 0 Å². The number of carbonyl (C=O) groups excluding carboxylic acids is 2. The van der Waals surface area contributed by atoms with Gasteiger partial charge in [-0.3, -0.25) is 0 Å². The van der Waals surface area contributed by atoms with Gasteiger partial charge in [-0.1, -0.05) is 44.9 Å². The van der Waals surface area contributed by atoms with Crippen LogP contribution in [0.4, 0.5) is 0 Å².